The normalized spacial score (nSPS) is 11.4. The summed E-state index contributed by atoms with van der Waals surface area (Å²) in [6.07, 6.45) is 1.95. The van der Waals surface area contributed by atoms with E-state index in [-0.39, 0.29) is 22.7 Å². The molecular formula is C26H24FN3O5S. The number of nitrogens with zero attached hydrogens (tertiary/aromatic N) is 1. The average molecular weight is 510 g/mol. The molecule has 0 spiro atoms. The molecule has 0 saturated carbocycles. The number of halogens is 1. The van der Waals surface area contributed by atoms with E-state index in [9.17, 15) is 28.7 Å². The molecule has 2 amide bonds. The van der Waals surface area contributed by atoms with Gasteiger partial charge in [-0.25, -0.2) is 4.39 Å². The summed E-state index contributed by atoms with van der Waals surface area (Å²) in [6.45, 7) is 0.293. The van der Waals surface area contributed by atoms with Gasteiger partial charge in [0.1, 0.15) is 5.82 Å². The second kappa shape index (κ2) is 13.1. The lowest BCUT2D eigenvalue weighted by Gasteiger charge is -2.16. The minimum atomic E-state index is -1.26. The van der Waals surface area contributed by atoms with E-state index in [1.807, 2.05) is 30.3 Å². The summed E-state index contributed by atoms with van der Waals surface area (Å²) < 4.78 is 13.0. The number of rotatable bonds is 12. The Morgan fingerprint density at radius 1 is 0.917 bits per heavy atom. The zero-order valence-corrected chi connectivity index (χ0v) is 20.0. The number of aromatic nitrogens is 1. The van der Waals surface area contributed by atoms with E-state index in [4.69, 9.17) is 0 Å². The molecule has 3 aromatic rings. The van der Waals surface area contributed by atoms with Crippen LogP contribution in [-0.4, -0.2) is 45.5 Å². The van der Waals surface area contributed by atoms with Gasteiger partial charge >= 0.3 is 5.97 Å². The molecule has 1 aromatic heterocycles. The molecule has 0 radical (unpaired) electrons. The number of nitrogens with one attached hydrogen (secondary N) is 2. The van der Waals surface area contributed by atoms with Crippen molar-refractivity contribution in [1.82, 2.24) is 15.6 Å². The Bertz CT molecular complexity index is 1220. The number of carbonyl (C=O) groups excluding carboxylic acids is 3. The van der Waals surface area contributed by atoms with Gasteiger partial charge in [0.2, 0.25) is 0 Å². The molecule has 0 bridgehead atoms. The number of carboxylic acid groups (broad SMARTS) is 1. The molecule has 0 fully saturated rings. The number of hydrogen-bond acceptors (Lipinski definition) is 6. The SMILES string of the molecule is O=C(O)C[C@H](NC(=O)c1cncc(C(=O)NCc2ccccc2)c1)C(=O)CSCc1ccc(F)cc1. The van der Waals surface area contributed by atoms with Gasteiger partial charge in [-0.3, -0.25) is 24.2 Å². The molecule has 3 rings (SSSR count). The largest absolute Gasteiger partial charge is 0.481 e. The van der Waals surface area contributed by atoms with Crippen molar-refractivity contribution in [3.05, 3.63) is 101 Å². The molecule has 10 heteroatoms. The number of pyridine rings is 1. The number of amides is 2. The molecule has 0 unspecified atom stereocenters. The van der Waals surface area contributed by atoms with Crippen molar-refractivity contribution in [2.24, 2.45) is 0 Å². The Morgan fingerprint density at radius 3 is 2.25 bits per heavy atom. The fraction of sp³-hybridized carbons (Fsp3) is 0.192. The maximum atomic E-state index is 13.0. The molecule has 8 nitrogen and oxygen atoms in total. The third-order valence-corrected chi connectivity index (χ3v) is 6.08. The predicted molar refractivity (Wildman–Crippen MR) is 133 cm³/mol. The number of aliphatic carboxylic acids is 1. The zero-order valence-electron chi connectivity index (χ0n) is 19.1. The Labute approximate surface area is 211 Å². The van der Waals surface area contributed by atoms with Crippen LogP contribution in [0.3, 0.4) is 0 Å². The van der Waals surface area contributed by atoms with Crippen LogP contribution in [0, 0.1) is 5.82 Å². The third-order valence-electron chi connectivity index (χ3n) is 5.06. The van der Waals surface area contributed by atoms with Gasteiger partial charge < -0.3 is 15.7 Å². The molecule has 36 heavy (non-hydrogen) atoms. The fourth-order valence-electron chi connectivity index (χ4n) is 3.18. The van der Waals surface area contributed by atoms with Gasteiger partial charge in [-0.2, -0.15) is 0 Å². The van der Waals surface area contributed by atoms with Gasteiger partial charge in [0.25, 0.3) is 11.8 Å². The highest BCUT2D eigenvalue weighted by Crippen LogP contribution is 2.14. The average Bonchev–Trinajstić information content (AvgIpc) is 2.88. The molecule has 0 aliphatic carbocycles. The van der Waals surface area contributed by atoms with Crippen molar-refractivity contribution in [2.75, 3.05) is 5.75 Å². The number of carboxylic acids is 1. The summed E-state index contributed by atoms with van der Waals surface area (Å²) >= 11 is 1.23. The van der Waals surface area contributed by atoms with E-state index >= 15 is 0 Å². The first kappa shape index (κ1) is 26.6. The fourth-order valence-corrected chi connectivity index (χ4v) is 4.11. The number of benzene rings is 2. The van der Waals surface area contributed by atoms with Crippen LogP contribution < -0.4 is 10.6 Å². The smallest absolute Gasteiger partial charge is 0.305 e. The summed E-state index contributed by atoms with van der Waals surface area (Å²) in [4.78, 5) is 53.1. The van der Waals surface area contributed by atoms with Crippen LogP contribution >= 0.6 is 11.8 Å². The van der Waals surface area contributed by atoms with Crippen molar-refractivity contribution in [3.8, 4) is 0 Å². The Kier molecular flexibility index (Phi) is 9.70. The predicted octanol–water partition coefficient (Wildman–Crippen LogP) is 3.23. The quantitative estimate of drug-likeness (QED) is 0.342. The molecule has 0 saturated heterocycles. The first-order valence-electron chi connectivity index (χ1n) is 11.0. The minimum absolute atomic E-state index is 0.0181. The molecule has 1 atom stereocenters. The van der Waals surface area contributed by atoms with E-state index in [0.29, 0.717) is 12.3 Å². The van der Waals surface area contributed by atoms with E-state index in [1.165, 1.54) is 42.4 Å². The molecule has 1 heterocycles. The number of carbonyl (C=O) groups is 4. The van der Waals surface area contributed by atoms with Crippen LogP contribution in [0.5, 0.6) is 0 Å². The summed E-state index contributed by atoms with van der Waals surface area (Å²) in [6, 6.07) is 15.2. The van der Waals surface area contributed by atoms with Gasteiger partial charge in [0.15, 0.2) is 5.78 Å². The molecular weight excluding hydrogens is 485 g/mol. The van der Waals surface area contributed by atoms with Crippen molar-refractivity contribution in [1.29, 1.82) is 0 Å². The van der Waals surface area contributed by atoms with E-state index in [0.717, 1.165) is 11.1 Å². The number of ketones is 1. The van der Waals surface area contributed by atoms with Crippen molar-refractivity contribution in [3.63, 3.8) is 0 Å². The van der Waals surface area contributed by atoms with Crippen LogP contribution in [0.4, 0.5) is 4.39 Å². The zero-order chi connectivity index (χ0) is 25.9. The topological polar surface area (TPSA) is 125 Å². The minimum Gasteiger partial charge on any atom is -0.481 e. The second-order valence-electron chi connectivity index (χ2n) is 7.84. The maximum Gasteiger partial charge on any atom is 0.305 e. The summed E-state index contributed by atoms with van der Waals surface area (Å²) in [5, 5.41) is 14.4. The second-order valence-corrected chi connectivity index (χ2v) is 8.83. The number of hydrogen-bond donors (Lipinski definition) is 3. The molecule has 2 aromatic carbocycles. The summed E-state index contributed by atoms with van der Waals surface area (Å²) in [7, 11) is 0. The standard InChI is InChI=1S/C26H24FN3O5S/c27-21-8-6-18(7-9-21)15-36-16-23(31)22(11-24(32)33)30-26(35)20-10-19(13-28-14-20)25(34)29-12-17-4-2-1-3-5-17/h1-10,13-14,22H,11-12,15-16H2,(H,29,34)(H,30,35)(H,32,33)/t22-/m0/s1. The summed E-state index contributed by atoms with van der Waals surface area (Å²) in [5.41, 5.74) is 1.88. The van der Waals surface area contributed by atoms with E-state index in [2.05, 4.69) is 15.6 Å². The van der Waals surface area contributed by atoms with Crippen molar-refractivity contribution < 1.29 is 28.7 Å². The lowest BCUT2D eigenvalue weighted by atomic mass is 10.1. The Balaban J connectivity index is 1.59. The van der Waals surface area contributed by atoms with Crippen molar-refractivity contribution in [2.45, 2.75) is 24.8 Å². The van der Waals surface area contributed by atoms with Gasteiger partial charge in [-0.15, -0.1) is 11.8 Å². The monoisotopic (exact) mass is 509 g/mol. The molecule has 186 valence electrons. The van der Waals surface area contributed by atoms with Gasteiger partial charge in [0, 0.05) is 24.7 Å². The van der Waals surface area contributed by atoms with Gasteiger partial charge in [-0.1, -0.05) is 42.5 Å². The highest BCUT2D eigenvalue weighted by molar-refractivity contribution is 7.99. The third kappa shape index (κ3) is 8.31. The highest BCUT2D eigenvalue weighted by Gasteiger charge is 2.24. The first-order valence-corrected chi connectivity index (χ1v) is 12.1. The van der Waals surface area contributed by atoms with Gasteiger partial charge in [-0.05, 0) is 29.3 Å². The molecule has 0 aliphatic rings. The number of Topliss-reactive ketones (excluding diaryl/α,β-unsaturated/α-hetero) is 1. The van der Waals surface area contributed by atoms with Crippen LogP contribution in [0.1, 0.15) is 38.3 Å². The van der Waals surface area contributed by atoms with Crippen LogP contribution in [0.15, 0.2) is 73.1 Å². The Morgan fingerprint density at radius 2 is 1.58 bits per heavy atom. The Hall–Kier alpha value is -4.05. The summed E-state index contributed by atoms with van der Waals surface area (Å²) in [5.74, 6) is -2.86. The van der Waals surface area contributed by atoms with Gasteiger partial charge in [0.05, 0.1) is 29.3 Å². The lowest BCUT2D eigenvalue weighted by Crippen LogP contribution is -2.43. The van der Waals surface area contributed by atoms with Crippen LogP contribution in [-0.2, 0) is 21.9 Å². The van der Waals surface area contributed by atoms with E-state index < -0.39 is 36.0 Å². The van der Waals surface area contributed by atoms with Crippen LogP contribution in [0.25, 0.3) is 0 Å². The van der Waals surface area contributed by atoms with E-state index in [1.54, 1.807) is 12.1 Å². The molecule has 3 N–H and O–H groups in total. The van der Waals surface area contributed by atoms with Crippen LogP contribution in [0.2, 0.25) is 0 Å². The molecule has 0 aliphatic heterocycles. The maximum absolute atomic E-state index is 13.0. The highest BCUT2D eigenvalue weighted by atomic mass is 32.2. The van der Waals surface area contributed by atoms with Crippen molar-refractivity contribution >= 4 is 35.3 Å². The number of thioether (sulfide) groups is 1. The first-order chi connectivity index (χ1) is 17.3. The lowest BCUT2D eigenvalue weighted by molar-refractivity contribution is -0.139.